The molecule has 3 aromatic carbocycles. The van der Waals surface area contributed by atoms with Crippen molar-refractivity contribution in [3.05, 3.63) is 108 Å². The Morgan fingerprint density at radius 2 is 1.58 bits per heavy atom. The summed E-state index contributed by atoms with van der Waals surface area (Å²) in [6.07, 6.45) is 4.13. The molecule has 1 saturated heterocycles. The Labute approximate surface area is 263 Å². The molecule has 0 aliphatic carbocycles. The Morgan fingerprint density at radius 3 is 2.31 bits per heavy atom. The van der Waals surface area contributed by atoms with Crippen LogP contribution in [0.15, 0.2) is 85.1 Å². The molecule has 2 N–H and O–H groups in total. The zero-order valence-corrected chi connectivity index (χ0v) is 26.2. The minimum absolute atomic E-state index is 0.0788. The molecule has 1 aliphatic rings. The van der Waals surface area contributed by atoms with Gasteiger partial charge < -0.3 is 10.2 Å². The molecule has 0 unspecified atom stereocenters. The largest absolute Gasteiger partial charge is 0.337 e. The van der Waals surface area contributed by atoms with Gasteiger partial charge >= 0.3 is 6.03 Å². The highest BCUT2D eigenvalue weighted by atomic mass is 16.2. The first kappa shape index (κ1) is 30.0. The van der Waals surface area contributed by atoms with Crippen LogP contribution in [0.4, 0.5) is 16.3 Å². The van der Waals surface area contributed by atoms with Crippen LogP contribution in [0.25, 0.3) is 16.7 Å². The normalized spacial score (nSPS) is 14.0. The van der Waals surface area contributed by atoms with Crippen LogP contribution < -0.4 is 10.6 Å². The van der Waals surface area contributed by atoms with Gasteiger partial charge in [0.05, 0.1) is 28.6 Å². The Kier molecular flexibility index (Phi) is 8.34. The van der Waals surface area contributed by atoms with Gasteiger partial charge in [0.25, 0.3) is 5.91 Å². The lowest BCUT2D eigenvalue weighted by atomic mass is 9.89. The van der Waals surface area contributed by atoms with E-state index in [1.807, 2.05) is 84.6 Å². The summed E-state index contributed by atoms with van der Waals surface area (Å²) < 4.78 is 1.78. The molecule has 9 nitrogen and oxygen atoms in total. The second-order valence-electron chi connectivity index (χ2n) is 12.8. The van der Waals surface area contributed by atoms with Gasteiger partial charge in [0.1, 0.15) is 11.5 Å². The van der Waals surface area contributed by atoms with E-state index in [2.05, 4.69) is 47.4 Å². The minimum Gasteiger partial charge on any atom is -0.337 e. The number of hydrogen-bond donors (Lipinski definition) is 2. The van der Waals surface area contributed by atoms with E-state index < -0.39 is 0 Å². The molecule has 2 aromatic heterocycles. The van der Waals surface area contributed by atoms with Crippen molar-refractivity contribution < 1.29 is 9.59 Å². The summed E-state index contributed by atoms with van der Waals surface area (Å²) in [5, 5.41) is 10.9. The van der Waals surface area contributed by atoms with Crippen molar-refractivity contribution in [2.45, 2.75) is 52.4 Å². The van der Waals surface area contributed by atoms with Gasteiger partial charge in [0.2, 0.25) is 0 Å². The number of likely N-dealkylation sites (tertiary alicyclic amines) is 1. The van der Waals surface area contributed by atoms with Gasteiger partial charge in [-0.2, -0.15) is 5.10 Å². The highest BCUT2D eigenvalue weighted by molar-refractivity contribution is 6.00. The fourth-order valence-corrected chi connectivity index (χ4v) is 5.68. The van der Waals surface area contributed by atoms with E-state index in [9.17, 15) is 9.59 Å². The average Bonchev–Trinajstić information content (AvgIpc) is 3.46. The lowest BCUT2D eigenvalue weighted by Gasteiger charge is -2.32. The summed E-state index contributed by atoms with van der Waals surface area (Å²) >= 11 is 0. The van der Waals surface area contributed by atoms with Crippen molar-refractivity contribution in [1.82, 2.24) is 24.6 Å². The van der Waals surface area contributed by atoms with Crippen molar-refractivity contribution >= 4 is 34.5 Å². The maximum Gasteiger partial charge on any atom is 0.324 e. The van der Waals surface area contributed by atoms with Crippen LogP contribution >= 0.6 is 0 Å². The van der Waals surface area contributed by atoms with E-state index in [1.54, 1.807) is 10.9 Å². The Morgan fingerprint density at radius 1 is 0.889 bits per heavy atom. The maximum atomic E-state index is 13.3. The number of urea groups is 1. The maximum absolute atomic E-state index is 13.3. The van der Waals surface area contributed by atoms with Gasteiger partial charge in [0, 0.05) is 30.3 Å². The van der Waals surface area contributed by atoms with Crippen molar-refractivity contribution in [2.75, 3.05) is 23.7 Å². The monoisotopic (exact) mass is 601 g/mol. The molecule has 3 amide bonds. The second kappa shape index (κ2) is 12.5. The molecule has 1 fully saturated rings. The lowest BCUT2D eigenvalue weighted by Crippen LogP contribution is -2.39. The van der Waals surface area contributed by atoms with Crippen LogP contribution in [0.3, 0.4) is 0 Å². The molecular weight excluding hydrogens is 562 g/mol. The first-order valence-electron chi connectivity index (χ1n) is 15.5. The first-order chi connectivity index (χ1) is 21.6. The first-order valence-corrected chi connectivity index (χ1v) is 15.5. The number of nitrogens with one attached hydrogen (secondary N) is 2. The number of piperidine rings is 1. The quantitative estimate of drug-likeness (QED) is 0.215. The number of benzene rings is 3. The molecule has 0 bridgehead atoms. The molecule has 45 heavy (non-hydrogen) atoms. The van der Waals surface area contributed by atoms with Gasteiger partial charge in [-0.3, -0.25) is 15.1 Å². The topological polar surface area (TPSA) is 105 Å². The molecule has 0 saturated carbocycles. The highest BCUT2D eigenvalue weighted by Gasteiger charge is 2.26. The summed E-state index contributed by atoms with van der Waals surface area (Å²) in [5.74, 6) is 0.914. The van der Waals surface area contributed by atoms with E-state index in [-0.39, 0.29) is 17.4 Å². The number of fused-ring (bicyclic) bond motifs is 1. The van der Waals surface area contributed by atoms with E-state index in [4.69, 9.17) is 5.10 Å². The molecular formula is C36H39N7O2. The number of nitrogens with zero attached hydrogens (tertiary/aromatic N) is 5. The van der Waals surface area contributed by atoms with Crippen LogP contribution in [0.2, 0.25) is 0 Å². The summed E-state index contributed by atoms with van der Waals surface area (Å²) in [6.45, 7) is 9.68. The summed E-state index contributed by atoms with van der Waals surface area (Å²) in [4.78, 5) is 37.3. The van der Waals surface area contributed by atoms with Gasteiger partial charge in [-0.15, -0.1) is 0 Å². The molecule has 9 heteroatoms. The van der Waals surface area contributed by atoms with Crippen molar-refractivity contribution in [1.29, 1.82) is 0 Å². The number of carbonyl (C=O) groups is 2. The standard InChI is InChI=1S/C36H39N7O2/c1-24-13-15-27(16-14-24)43-33(22-32(41-43)36(2,3)4)40-35(45)39-28-10-6-5-9-26(28)21-25-17-19-42(20-18-25)34(44)31-23-37-29-11-7-8-12-30(29)38-31/h5-16,22-23,25H,17-21H2,1-4H3,(H2,39,40,45). The van der Waals surface area contributed by atoms with Crippen LogP contribution in [0.5, 0.6) is 0 Å². The third-order valence-corrected chi connectivity index (χ3v) is 8.34. The SMILES string of the molecule is Cc1ccc(-n2nc(C(C)(C)C)cc2NC(=O)Nc2ccccc2CC2CCN(C(=O)c3cnc4ccccc4n3)CC2)cc1. The highest BCUT2D eigenvalue weighted by Crippen LogP contribution is 2.29. The number of aryl methyl sites for hydroxylation is 1. The van der Waals surface area contributed by atoms with Gasteiger partial charge in [-0.25, -0.2) is 14.5 Å². The third-order valence-electron chi connectivity index (χ3n) is 8.34. The zero-order valence-electron chi connectivity index (χ0n) is 26.2. The molecule has 0 spiro atoms. The number of amides is 3. The molecule has 6 rings (SSSR count). The van der Waals surface area contributed by atoms with Crippen LogP contribution in [-0.2, 0) is 11.8 Å². The number of hydrogen-bond acceptors (Lipinski definition) is 5. The van der Waals surface area contributed by atoms with Gasteiger partial charge in [-0.1, -0.05) is 68.8 Å². The van der Waals surface area contributed by atoms with E-state index in [0.29, 0.717) is 30.5 Å². The summed E-state index contributed by atoms with van der Waals surface area (Å²) in [5.41, 5.74) is 6.46. The van der Waals surface area contributed by atoms with Crippen LogP contribution in [0, 0.1) is 12.8 Å². The number of carbonyl (C=O) groups excluding carboxylic acids is 2. The van der Waals surface area contributed by atoms with E-state index >= 15 is 0 Å². The second-order valence-corrected chi connectivity index (χ2v) is 12.8. The van der Waals surface area contributed by atoms with Crippen LogP contribution in [-0.4, -0.2) is 49.7 Å². The molecule has 230 valence electrons. The Bertz CT molecular complexity index is 1830. The molecule has 0 radical (unpaired) electrons. The fraction of sp³-hybridized carbons (Fsp3) is 0.306. The minimum atomic E-state index is -0.326. The molecule has 3 heterocycles. The smallest absolute Gasteiger partial charge is 0.324 e. The fourth-order valence-electron chi connectivity index (χ4n) is 5.68. The number of aromatic nitrogens is 4. The Hall–Kier alpha value is -5.05. The van der Waals surface area contributed by atoms with E-state index in [1.165, 1.54) is 0 Å². The van der Waals surface area contributed by atoms with Crippen molar-refractivity contribution in [2.24, 2.45) is 5.92 Å². The average molecular weight is 602 g/mol. The predicted molar refractivity (Wildman–Crippen MR) is 178 cm³/mol. The molecule has 1 aliphatic heterocycles. The lowest BCUT2D eigenvalue weighted by molar-refractivity contribution is 0.0684. The van der Waals surface area contributed by atoms with Crippen molar-refractivity contribution in [3.63, 3.8) is 0 Å². The predicted octanol–water partition coefficient (Wildman–Crippen LogP) is 7.16. The van der Waals surface area contributed by atoms with Crippen molar-refractivity contribution in [3.8, 4) is 5.69 Å². The van der Waals surface area contributed by atoms with Gasteiger partial charge in [-0.05, 0) is 68.0 Å². The number of rotatable bonds is 6. The molecule has 5 aromatic rings. The molecule has 0 atom stereocenters. The number of anilines is 2. The van der Waals surface area contributed by atoms with E-state index in [0.717, 1.165) is 58.5 Å². The third kappa shape index (κ3) is 6.87. The zero-order chi connectivity index (χ0) is 31.6. The number of para-hydroxylation sites is 3. The Balaban J connectivity index is 1.10. The van der Waals surface area contributed by atoms with Crippen LogP contribution in [0.1, 0.15) is 60.9 Å². The summed E-state index contributed by atoms with van der Waals surface area (Å²) in [7, 11) is 0. The summed E-state index contributed by atoms with van der Waals surface area (Å²) in [6, 6.07) is 25.2. The van der Waals surface area contributed by atoms with Gasteiger partial charge in [0.15, 0.2) is 0 Å².